The van der Waals surface area contributed by atoms with Gasteiger partial charge in [-0.1, -0.05) is 42.3 Å². The second-order valence-electron chi connectivity index (χ2n) is 5.63. The summed E-state index contributed by atoms with van der Waals surface area (Å²) < 4.78 is 5.51. The van der Waals surface area contributed by atoms with Crippen molar-refractivity contribution in [1.29, 1.82) is 5.26 Å². The van der Waals surface area contributed by atoms with Crippen molar-refractivity contribution in [2.24, 2.45) is 0 Å². The Morgan fingerprint density at radius 1 is 1.23 bits per heavy atom. The minimum absolute atomic E-state index is 0.0417. The number of aryl methyl sites for hydroxylation is 1. The average Bonchev–Trinajstić information content (AvgIpc) is 2.62. The lowest BCUT2D eigenvalue weighted by Crippen LogP contribution is -2.13. The molecule has 2 rings (SSSR count). The summed E-state index contributed by atoms with van der Waals surface area (Å²) in [7, 11) is 0. The van der Waals surface area contributed by atoms with E-state index >= 15 is 0 Å². The monoisotopic (exact) mass is 388 g/mol. The minimum atomic E-state index is -0.519. The Morgan fingerprint density at radius 2 is 2.00 bits per heavy atom. The van der Waals surface area contributed by atoms with Crippen molar-refractivity contribution < 1.29 is 9.53 Å². The van der Waals surface area contributed by atoms with E-state index in [9.17, 15) is 10.1 Å². The standard InChI is InChI=1S/C20H18Cl2N2O2/c1-3-8-26-19-7-5-14(10-18(19)22)9-15(12-23)20(25)24-16-6-4-13(2)17(21)11-16/h4-7,9-11H,3,8H2,1-2H3,(H,24,25)/b15-9+. The maximum Gasteiger partial charge on any atom is 0.266 e. The van der Waals surface area contributed by atoms with E-state index in [1.165, 1.54) is 6.08 Å². The van der Waals surface area contributed by atoms with Crippen LogP contribution in [0.5, 0.6) is 5.75 Å². The van der Waals surface area contributed by atoms with Crippen molar-refractivity contribution in [3.63, 3.8) is 0 Å². The molecule has 0 saturated carbocycles. The number of hydrogen-bond donors (Lipinski definition) is 1. The first kappa shape index (κ1) is 19.8. The van der Waals surface area contributed by atoms with Gasteiger partial charge >= 0.3 is 0 Å². The van der Waals surface area contributed by atoms with Gasteiger partial charge in [-0.05, 0) is 54.8 Å². The van der Waals surface area contributed by atoms with Gasteiger partial charge in [0.05, 0.1) is 11.6 Å². The van der Waals surface area contributed by atoms with Crippen molar-refractivity contribution in [3.8, 4) is 11.8 Å². The normalized spacial score (nSPS) is 11.0. The fourth-order valence-electron chi connectivity index (χ4n) is 2.12. The van der Waals surface area contributed by atoms with Crippen LogP contribution in [0.4, 0.5) is 5.69 Å². The summed E-state index contributed by atoms with van der Waals surface area (Å²) in [6.07, 6.45) is 2.35. The number of benzene rings is 2. The van der Waals surface area contributed by atoms with E-state index in [1.54, 1.807) is 36.4 Å². The summed E-state index contributed by atoms with van der Waals surface area (Å²) in [5, 5.41) is 12.9. The van der Waals surface area contributed by atoms with Crippen LogP contribution in [0, 0.1) is 18.3 Å². The number of rotatable bonds is 6. The van der Waals surface area contributed by atoms with Crippen molar-refractivity contribution in [1.82, 2.24) is 0 Å². The van der Waals surface area contributed by atoms with Crippen molar-refractivity contribution in [2.75, 3.05) is 11.9 Å². The Morgan fingerprint density at radius 3 is 2.62 bits per heavy atom. The molecule has 26 heavy (non-hydrogen) atoms. The first-order chi connectivity index (χ1) is 12.4. The number of nitrogens with one attached hydrogen (secondary N) is 1. The highest BCUT2D eigenvalue weighted by Crippen LogP contribution is 2.27. The molecule has 1 amide bonds. The Kier molecular flexibility index (Phi) is 7.08. The van der Waals surface area contributed by atoms with Crippen molar-refractivity contribution in [2.45, 2.75) is 20.3 Å². The van der Waals surface area contributed by atoms with Gasteiger partial charge in [0.1, 0.15) is 17.4 Å². The van der Waals surface area contributed by atoms with Gasteiger partial charge in [0.2, 0.25) is 0 Å². The van der Waals surface area contributed by atoms with Crippen LogP contribution in [0.3, 0.4) is 0 Å². The molecular formula is C20H18Cl2N2O2. The van der Waals surface area contributed by atoms with Gasteiger partial charge in [0.25, 0.3) is 5.91 Å². The van der Waals surface area contributed by atoms with Gasteiger partial charge in [-0.25, -0.2) is 0 Å². The largest absolute Gasteiger partial charge is 0.492 e. The molecule has 2 aromatic carbocycles. The number of nitrogens with zero attached hydrogens (tertiary/aromatic N) is 1. The van der Waals surface area contributed by atoms with Gasteiger partial charge in [0.15, 0.2) is 0 Å². The molecule has 0 spiro atoms. The maximum atomic E-state index is 12.3. The number of anilines is 1. The van der Waals surface area contributed by atoms with Gasteiger partial charge < -0.3 is 10.1 Å². The van der Waals surface area contributed by atoms with Gasteiger partial charge in [-0.15, -0.1) is 0 Å². The third-order valence-corrected chi connectivity index (χ3v) is 4.23. The van der Waals surface area contributed by atoms with E-state index in [-0.39, 0.29) is 5.57 Å². The van der Waals surface area contributed by atoms with Crippen LogP contribution >= 0.6 is 23.2 Å². The molecule has 0 atom stereocenters. The molecule has 6 heteroatoms. The summed E-state index contributed by atoms with van der Waals surface area (Å²) in [6.45, 7) is 4.44. The highest BCUT2D eigenvalue weighted by atomic mass is 35.5. The molecule has 4 nitrogen and oxygen atoms in total. The third-order valence-electron chi connectivity index (χ3n) is 3.52. The molecule has 0 aromatic heterocycles. The number of ether oxygens (including phenoxy) is 1. The zero-order valence-corrected chi connectivity index (χ0v) is 16.0. The Balaban J connectivity index is 2.18. The molecule has 134 valence electrons. The lowest BCUT2D eigenvalue weighted by molar-refractivity contribution is -0.112. The fourth-order valence-corrected chi connectivity index (χ4v) is 2.54. The van der Waals surface area contributed by atoms with Crippen molar-refractivity contribution >= 4 is 40.9 Å². The van der Waals surface area contributed by atoms with E-state index in [2.05, 4.69) is 5.32 Å². The zero-order chi connectivity index (χ0) is 19.1. The number of amides is 1. The number of carbonyl (C=O) groups is 1. The van der Waals surface area contributed by atoms with Crippen LogP contribution in [0.25, 0.3) is 6.08 Å². The third kappa shape index (κ3) is 5.26. The zero-order valence-electron chi connectivity index (χ0n) is 14.5. The first-order valence-corrected chi connectivity index (χ1v) is 8.81. The predicted molar refractivity (Wildman–Crippen MR) is 106 cm³/mol. The second kappa shape index (κ2) is 9.28. The van der Waals surface area contributed by atoms with E-state index in [1.807, 2.05) is 19.9 Å². The Bertz CT molecular complexity index is 886. The summed E-state index contributed by atoms with van der Waals surface area (Å²) in [6, 6.07) is 12.2. The van der Waals surface area contributed by atoms with Crippen molar-refractivity contribution in [3.05, 3.63) is 63.1 Å². The molecule has 0 fully saturated rings. The molecule has 0 aliphatic rings. The molecule has 0 unspecified atom stereocenters. The Hall–Kier alpha value is -2.48. The van der Waals surface area contributed by atoms with E-state index in [0.29, 0.717) is 33.7 Å². The lowest BCUT2D eigenvalue weighted by Gasteiger charge is -2.08. The highest BCUT2D eigenvalue weighted by Gasteiger charge is 2.11. The maximum absolute atomic E-state index is 12.3. The van der Waals surface area contributed by atoms with E-state index in [0.717, 1.165) is 12.0 Å². The number of halogens is 2. The molecule has 0 saturated heterocycles. The van der Waals surface area contributed by atoms with Gasteiger partial charge in [-0.2, -0.15) is 5.26 Å². The quantitative estimate of drug-likeness (QED) is 0.514. The Labute approximate surface area is 163 Å². The molecule has 2 aromatic rings. The van der Waals surface area contributed by atoms with E-state index in [4.69, 9.17) is 27.9 Å². The highest BCUT2D eigenvalue weighted by molar-refractivity contribution is 6.32. The van der Waals surface area contributed by atoms with E-state index < -0.39 is 5.91 Å². The number of nitriles is 1. The molecule has 0 radical (unpaired) electrons. The van der Waals surface area contributed by atoms with Crippen LogP contribution in [0.2, 0.25) is 10.0 Å². The fraction of sp³-hybridized carbons (Fsp3) is 0.200. The van der Waals surface area contributed by atoms with Crippen LogP contribution < -0.4 is 10.1 Å². The molecule has 1 N–H and O–H groups in total. The molecule has 0 bridgehead atoms. The minimum Gasteiger partial charge on any atom is -0.492 e. The average molecular weight is 389 g/mol. The van der Waals surface area contributed by atoms with Crippen LogP contribution in [0.1, 0.15) is 24.5 Å². The summed E-state index contributed by atoms with van der Waals surface area (Å²) in [5.41, 5.74) is 2.02. The molecule has 0 heterocycles. The summed E-state index contributed by atoms with van der Waals surface area (Å²) >= 11 is 12.2. The van der Waals surface area contributed by atoms with Crippen LogP contribution in [0.15, 0.2) is 42.0 Å². The summed E-state index contributed by atoms with van der Waals surface area (Å²) in [5.74, 6) is 0.0535. The van der Waals surface area contributed by atoms with Crippen LogP contribution in [-0.4, -0.2) is 12.5 Å². The topological polar surface area (TPSA) is 62.1 Å². The summed E-state index contributed by atoms with van der Waals surface area (Å²) in [4.78, 5) is 12.3. The predicted octanol–water partition coefficient (Wildman–Crippen LogP) is 5.64. The second-order valence-corrected chi connectivity index (χ2v) is 6.44. The smallest absolute Gasteiger partial charge is 0.266 e. The molecule has 0 aliphatic heterocycles. The van der Waals surface area contributed by atoms with Gasteiger partial charge in [0, 0.05) is 10.7 Å². The molecular weight excluding hydrogens is 371 g/mol. The number of carbonyl (C=O) groups excluding carboxylic acids is 1. The SMILES string of the molecule is CCCOc1ccc(/C=C(\C#N)C(=O)Nc2ccc(C)c(Cl)c2)cc1Cl. The van der Waals surface area contributed by atoms with Gasteiger partial charge in [-0.3, -0.25) is 4.79 Å². The first-order valence-electron chi connectivity index (χ1n) is 8.06. The lowest BCUT2D eigenvalue weighted by atomic mass is 10.1. The number of hydrogen-bond acceptors (Lipinski definition) is 3. The molecule has 0 aliphatic carbocycles. The van der Waals surface area contributed by atoms with Crippen LogP contribution in [-0.2, 0) is 4.79 Å².